The maximum absolute atomic E-state index is 12.1. The van der Waals surface area contributed by atoms with E-state index in [1.165, 1.54) is 6.92 Å². The topological polar surface area (TPSA) is 108 Å². The monoisotopic (exact) mass is 302 g/mol. The molecule has 0 aliphatic rings. The van der Waals surface area contributed by atoms with E-state index in [4.69, 9.17) is 0 Å². The Labute approximate surface area is 126 Å². The number of rotatable bonds is 2. The van der Waals surface area contributed by atoms with Crippen molar-refractivity contribution in [3.8, 4) is 0 Å². The number of aromatic amines is 2. The number of anilines is 1. The van der Waals surface area contributed by atoms with Crippen LogP contribution in [0.3, 0.4) is 0 Å². The highest BCUT2D eigenvalue weighted by molar-refractivity contribution is 6.02. The van der Waals surface area contributed by atoms with Crippen LogP contribution in [0.25, 0.3) is 0 Å². The normalized spacial score (nSPS) is 11.3. The van der Waals surface area contributed by atoms with Crippen LogP contribution in [0.5, 0.6) is 0 Å². The fourth-order valence-corrected chi connectivity index (χ4v) is 1.90. The van der Waals surface area contributed by atoms with Gasteiger partial charge in [0, 0.05) is 11.9 Å². The van der Waals surface area contributed by atoms with Crippen molar-refractivity contribution in [2.75, 3.05) is 5.32 Å². The molecule has 7 heteroatoms. The van der Waals surface area contributed by atoms with E-state index in [-0.39, 0.29) is 22.5 Å². The summed E-state index contributed by atoms with van der Waals surface area (Å²) >= 11 is 0. The number of carbonyl (C=O) groups excluding carboxylic acids is 1. The van der Waals surface area contributed by atoms with Crippen LogP contribution in [0.15, 0.2) is 27.9 Å². The third-order valence-corrected chi connectivity index (χ3v) is 3.23. The zero-order valence-electron chi connectivity index (χ0n) is 12.9. The molecule has 0 bridgehead atoms. The van der Waals surface area contributed by atoms with E-state index in [0.29, 0.717) is 0 Å². The molecule has 22 heavy (non-hydrogen) atoms. The van der Waals surface area contributed by atoms with Gasteiger partial charge in [0.15, 0.2) is 0 Å². The minimum absolute atomic E-state index is 0.00583. The van der Waals surface area contributed by atoms with E-state index in [1.54, 1.807) is 12.3 Å². The summed E-state index contributed by atoms with van der Waals surface area (Å²) in [5.41, 5.74) is 0.156. The fraction of sp³-hybridized carbons (Fsp3) is 0.333. The van der Waals surface area contributed by atoms with Crippen molar-refractivity contribution in [2.24, 2.45) is 0 Å². The second-order valence-electron chi connectivity index (χ2n) is 6.04. The molecule has 0 aliphatic heterocycles. The molecule has 0 unspecified atom stereocenters. The van der Waals surface area contributed by atoms with Crippen LogP contribution >= 0.6 is 0 Å². The maximum Gasteiger partial charge on any atom is 0.326 e. The second-order valence-corrected chi connectivity index (χ2v) is 6.04. The van der Waals surface area contributed by atoms with Crippen LogP contribution < -0.4 is 16.6 Å². The smallest absolute Gasteiger partial charge is 0.315 e. The highest BCUT2D eigenvalue weighted by Crippen LogP contribution is 2.21. The average Bonchev–Trinajstić information content (AvgIpc) is 2.41. The van der Waals surface area contributed by atoms with E-state index in [0.717, 1.165) is 5.56 Å². The summed E-state index contributed by atoms with van der Waals surface area (Å²) in [6.45, 7) is 7.68. The van der Waals surface area contributed by atoms with Gasteiger partial charge in [-0.15, -0.1) is 0 Å². The molecule has 0 atom stereocenters. The van der Waals surface area contributed by atoms with E-state index < -0.39 is 17.2 Å². The molecule has 116 valence electrons. The minimum Gasteiger partial charge on any atom is -0.315 e. The standard InChI is InChI=1S/C15H18N4O3/c1-8-11(13(21)19-14(22)17-8)18-12(20)10-6-5-9(7-16-10)15(2,3)4/h5-7H,1-4H3,(H,18,20)(H2,17,19,21,22). The summed E-state index contributed by atoms with van der Waals surface area (Å²) in [4.78, 5) is 43.6. The van der Waals surface area contributed by atoms with Crippen molar-refractivity contribution in [3.63, 3.8) is 0 Å². The first-order valence-electron chi connectivity index (χ1n) is 6.79. The zero-order valence-corrected chi connectivity index (χ0v) is 12.9. The third-order valence-electron chi connectivity index (χ3n) is 3.23. The van der Waals surface area contributed by atoms with Crippen LogP contribution in [-0.4, -0.2) is 20.9 Å². The van der Waals surface area contributed by atoms with E-state index in [1.807, 2.05) is 26.8 Å². The number of pyridine rings is 1. The molecular formula is C15H18N4O3. The predicted octanol–water partition coefficient (Wildman–Crippen LogP) is 1.32. The molecule has 2 heterocycles. The summed E-state index contributed by atoms with van der Waals surface area (Å²) in [7, 11) is 0. The van der Waals surface area contributed by atoms with E-state index in [2.05, 4.69) is 20.3 Å². The molecule has 2 rings (SSSR count). The average molecular weight is 302 g/mol. The molecule has 0 aromatic carbocycles. The van der Waals surface area contributed by atoms with Gasteiger partial charge in [-0.2, -0.15) is 0 Å². The Hall–Kier alpha value is -2.70. The highest BCUT2D eigenvalue weighted by atomic mass is 16.2. The van der Waals surface area contributed by atoms with Gasteiger partial charge in [-0.05, 0) is 24.0 Å². The molecule has 3 N–H and O–H groups in total. The van der Waals surface area contributed by atoms with Gasteiger partial charge in [0.2, 0.25) is 0 Å². The van der Waals surface area contributed by atoms with Crippen LogP contribution in [-0.2, 0) is 5.41 Å². The SMILES string of the molecule is Cc1[nH]c(=O)[nH]c(=O)c1NC(=O)c1ccc(C(C)(C)C)cn1. The lowest BCUT2D eigenvalue weighted by atomic mass is 9.88. The van der Waals surface area contributed by atoms with Crippen molar-refractivity contribution < 1.29 is 4.79 Å². The van der Waals surface area contributed by atoms with Gasteiger partial charge in [0.1, 0.15) is 11.4 Å². The molecule has 1 amide bonds. The number of aromatic nitrogens is 3. The molecule has 7 nitrogen and oxygen atoms in total. The summed E-state index contributed by atoms with van der Waals surface area (Å²) in [6, 6.07) is 3.43. The Morgan fingerprint density at radius 1 is 1.18 bits per heavy atom. The summed E-state index contributed by atoms with van der Waals surface area (Å²) in [6.07, 6.45) is 1.64. The van der Waals surface area contributed by atoms with Crippen LogP contribution in [0.2, 0.25) is 0 Å². The van der Waals surface area contributed by atoms with Crippen LogP contribution in [0.4, 0.5) is 5.69 Å². The van der Waals surface area contributed by atoms with Gasteiger partial charge in [-0.1, -0.05) is 26.8 Å². The molecule has 0 aliphatic carbocycles. The molecule has 2 aromatic heterocycles. The largest absolute Gasteiger partial charge is 0.326 e. The van der Waals surface area contributed by atoms with Crippen molar-refractivity contribution in [1.29, 1.82) is 0 Å². The summed E-state index contributed by atoms with van der Waals surface area (Å²) in [5.74, 6) is -0.513. The second kappa shape index (κ2) is 5.59. The number of hydrogen-bond acceptors (Lipinski definition) is 4. The van der Waals surface area contributed by atoms with Gasteiger partial charge in [-0.3, -0.25) is 19.6 Å². The number of H-pyrrole nitrogens is 2. The first kappa shape index (κ1) is 15.7. The zero-order chi connectivity index (χ0) is 16.5. The number of amides is 1. The Morgan fingerprint density at radius 2 is 1.86 bits per heavy atom. The Balaban J connectivity index is 2.27. The van der Waals surface area contributed by atoms with Crippen LogP contribution in [0.1, 0.15) is 42.5 Å². The van der Waals surface area contributed by atoms with Crippen molar-refractivity contribution >= 4 is 11.6 Å². The van der Waals surface area contributed by atoms with Gasteiger partial charge in [-0.25, -0.2) is 4.79 Å². The van der Waals surface area contributed by atoms with Gasteiger partial charge in [0.05, 0.1) is 0 Å². The number of aryl methyl sites for hydroxylation is 1. The lowest BCUT2D eigenvalue weighted by molar-refractivity contribution is 0.102. The molecular weight excluding hydrogens is 284 g/mol. The van der Waals surface area contributed by atoms with Crippen molar-refractivity contribution in [3.05, 3.63) is 56.1 Å². The number of carbonyl (C=O) groups is 1. The maximum atomic E-state index is 12.1. The van der Waals surface area contributed by atoms with E-state index >= 15 is 0 Å². The Kier molecular flexibility index (Phi) is 3.99. The lowest BCUT2D eigenvalue weighted by Gasteiger charge is -2.18. The number of hydrogen-bond donors (Lipinski definition) is 3. The van der Waals surface area contributed by atoms with Crippen LogP contribution in [0, 0.1) is 6.92 Å². The molecule has 0 fully saturated rings. The predicted molar refractivity (Wildman–Crippen MR) is 83.3 cm³/mol. The molecule has 0 radical (unpaired) electrons. The summed E-state index contributed by atoms with van der Waals surface area (Å²) in [5, 5.41) is 2.46. The molecule has 0 spiro atoms. The Bertz CT molecular complexity index is 810. The molecule has 0 saturated heterocycles. The van der Waals surface area contributed by atoms with Crippen molar-refractivity contribution in [1.82, 2.24) is 15.0 Å². The lowest BCUT2D eigenvalue weighted by Crippen LogP contribution is -2.29. The third kappa shape index (κ3) is 3.30. The quantitative estimate of drug-likeness (QED) is 0.777. The number of nitrogens with zero attached hydrogens (tertiary/aromatic N) is 1. The minimum atomic E-state index is -0.652. The Morgan fingerprint density at radius 3 is 2.36 bits per heavy atom. The first-order chi connectivity index (χ1) is 10.2. The van der Waals surface area contributed by atoms with Gasteiger partial charge < -0.3 is 10.3 Å². The van der Waals surface area contributed by atoms with E-state index in [9.17, 15) is 14.4 Å². The first-order valence-corrected chi connectivity index (χ1v) is 6.79. The summed E-state index contributed by atoms with van der Waals surface area (Å²) < 4.78 is 0. The van der Waals surface area contributed by atoms with Gasteiger partial charge in [0.25, 0.3) is 11.5 Å². The molecule has 0 saturated carbocycles. The fourth-order valence-electron chi connectivity index (χ4n) is 1.90. The molecule has 2 aromatic rings. The highest BCUT2D eigenvalue weighted by Gasteiger charge is 2.16. The van der Waals surface area contributed by atoms with Gasteiger partial charge >= 0.3 is 5.69 Å². The number of nitrogens with one attached hydrogen (secondary N) is 3. The van der Waals surface area contributed by atoms with Crippen molar-refractivity contribution in [2.45, 2.75) is 33.1 Å².